The van der Waals surface area contributed by atoms with Crippen molar-refractivity contribution >= 4 is 12.6 Å². The molecule has 0 saturated carbocycles. The summed E-state index contributed by atoms with van der Waals surface area (Å²) in [7, 11) is 1.43. The fourth-order valence-electron chi connectivity index (χ4n) is 0.671. The van der Waals surface area contributed by atoms with Gasteiger partial charge in [-0.2, -0.15) is 12.6 Å². The molecule has 0 aromatic carbocycles. The minimum absolute atomic E-state index is 0.277. The zero-order valence-electron chi connectivity index (χ0n) is 7.29. The van der Waals surface area contributed by atoms with E-state index in [9.17, 15) is 9.59 Å². The molecule has 0 atom stereocenters. The smallest absolute Gasteiger partial charge is 0.311 e. The molecule has 1 heterocycles. The molecule has 4 nitrogen and oxygen atoms in total. The van der Waals surface area contributed by atoms with E-state index in [1.807, 2.05) is 0 Å². The van der Waals surface area contributed by atoms with Gasteiger partial charge in [0.25, 0.3) is 5.56 Å². The van der Waals surface area contributed by atoms with Crippen LogP contribution in [0.2, 0.25) is 0 Å². The first-order chi connectivity index (χ1) is 5.61. The number of H-pyrrole nitrogens is 1. The Labute approximate surface area is 75.7 Å². The monoisotopic (exact) mass is 188 g/mol. The number of thiol groups is 1. The lowest BCUT2D eigenvalue weighted by atomic mass is 10.4. The first-order valence-electron chi connectivity index (χ1n) is 3.33. The fraction of sp³-hybridized carbons (Fsp3) is 0.429. The molecular weight excluding hydrogens is 176 g/mol. The Morgan fingerprint density at radius 3 is 2.33 bits per heavy atom. The number of rotatable bonds is 0. The summed E-state index contributed by atoms with van der Waals surface area (Å²) < 4.78 is 1.02. The van der Waals surface area contributed by atoms with Crippen LogP contribution in [0.25, 0.3) is 0 Å². The molecule has 0 aliphatic carbocycles. The van der Waals surface area contributed by atoms with Crippen LogP contribution < -0.4 is 11.2 Å². The van der Waals surface area contributed by atoms with Crippen LogP contribution >= 0.6 is 12.6 Å². The number of hydrogen-bond acceptors (Lipinski definition) is 3. The van der Waals surface area contributed by atoms with Crippen molar-refractivity contribution in [1.29, 1.82) is 0 Å². The van der Waals surface area contributed by atoms with Crippen molar-refractivity contribution in [3.05, 3.63) is 32.6 Å². The molecule has 0 bridgehead atoms. The van der Waals surface area contributed by atoms with Crippen molar-refractivity contribution in [2.75, 3.05) is 6.26 Å². The van der Waals surface area contributed by atoms with Crippen LogP contribution in [-0.4, -0.2) is 15.8 Å². The van der Waals surface area contributed by atoms with Crippen molar-refractivity contribution in [2.24, 2.45) is 7.05 Å². The average molecular weight is 188 g/mol. The highest BCUT2D eigenvalue weighted by molar-refractivity contribution is 7.79. The van der Waals surface area contributed by atoms with Crippen LogP contribution in [0.4, 0.5) is 0 Å². The summed E-state index contributed by atoms with van der Waals surface area (Å²) in [5.74, 6) is 0. The quantitative estimate of drug-likeness (QED) is 0.560. The first kappa shape index (κ1) is 11.0. The number of nitrogens with one attached hydrogen (secondary N) is 1. The number of aryl methyl sites for hydroxylation is 1. The number of aromatic amines is 1. The minimum atomic E-state index is -0.370. The summed E-state index contributed by atoms with van der Waals surface area (Å²) in [6, 6.07) is 1.38. The Morgan fingerprint density at radius 2 is 1.92 bits per heavy atom. The molecule has 1 rings (SSSR count). The third-order valence-corrected chi connectivity index (χ3v) is 1.28. The van der Waals surface area contributed by atoms with Crippen LogP contribution in [0, 0.1) is 6.92 Å². The van der Waals surface area contributed by atoms with E-state index in [1.54, 1.807) is 13.2 Å². The molecule has 0 amide bonds. The molecule has 1 aromatic heterocycles. The maximum absolute atomic E-state index is 10.8. The molecule has 1 aromatic rings. The second kappa shape index (κ2) is 4.82. The fourth-order valence-corrected chi connectivity index (χ4v) is 0.671. The molecule has 0 unspecified atom stereocenters. The zero-order chi connectivity index (χ0) is 9.72. The van der Waals surface area contributed by atoms with Gasteiger partial charge in [-0.15, -0.1) is 0 Å². The molecule has 0 aliphatic rings. The van der Waals surface area contributed by atoms with Crippen molar-refractivity contribution in [3.8, 4) is 0 Å². The average Bonchev–Trinajstić information content (AvgIpc) is 2.04. The Kier molecular flexibility index (Phi) is 4.43. The highest BCUT2D eigenvalue weighted by Gasteiger charge is 1.93. The van der Waals surface area contributed by atoms with Crippen LogP contribution in [0.5, 0.6) is 0 Å². The molecule has 0 fully saturated rings. The van der Waals surface area contributed by atoms with Gasteiger partial charge < -0.3 is 4.98 Å². The SMILES string of the molecule is CS.Cc1cc(=O)n(C)c(=O)[nH]1. The van der Waals surface area contributed by atoms with Crippen molar-refractivity contribution < 1.29 is 0 Å². The van der Waals surface area contributed by atoms with E-state index in [2.05, 4.69) is 17.6 Å². The van der Waals surface area contributed by atoms with Crippen LogP contribution in [-0.2, 0) is 7.05 Å². The number of hydrogen-bond donors (Lipinski definition) is 2. The van der Waals surface area contributed by atoms with Gasteiger partial charge in [0.1, 0.15) is 0 Å². The molecule has 68 valence electrons. The third kappa shape index (κ3) is 2.58. The van der Waals surface area contributed by atoms with Gasteiger partial charge in [-0.05, 0) is 13.2 Å². The van der Waals surface area contributed by atoms with E-state index in [-0.39, 0.29) is 11.2 Å². The Hall–Kier alpha value is -0.970. The highest BCUT2D eigenvalue weighted by Crippen LogP contribution is 1.75. The second-order valence-corrected chi connectivity index (χ2v) is 2.15. The summed E-state index contributed by atoms with van der Waals surface area (Å²) >= 11 is 3.53. The third-order valence-electron chi connectivity index (χ3n) is 1.28. The van der Waals surface area contributed by atoms with Gasteiger partial charge in [0.15, 0.2) is 0 Å². The minimum Gasteiger partial charge on any atom is -0.311 e. The van der Waals surface area contributed by atoms with Gasteiger partial charge in [-0.1, -0.05) is 0 Å². The number of aromatic nitrogens is 2. The van der Waals surface area contributed by atoms with Gasteiger partial charge >= 0.3 is 5.69 Å². The lowest BCUT2D eigenvalue weighted by molar-refractivity contribution is 0.765. The standard InChI is InChI=1S/C6H8N2O2.CH4S/c1-4-3-5(9)8(2)6(10)7-4;1-2/h3H,1-2H3,(H,7,10);2H,1H3. The molecule has 12 heavy (non-hydrogen) atoms. The summed E-state index contributed by atoms with van der Waals surface area (Å²) in [6.07, 6.45) is 1.69. The molecule has 0 radical (unpaired) electrons. The van der Waals surface area contributed by atoms with E-state index in [0.29, 0.717) is 5.69 Å². The second-order valence-electron chi connectivity index (χ2n) is 2.15. The largest absolute Gasteiger partial charge is 0.328 e. The lowest BCUT2D eigenvalue weighted by Gasteiger charge is -1.94. The maximum atomic E-state index is 10.8. The van der Waals surface area contributed by atoms with Crippen molar-refractivity contribution in [1.82, 2.24) is 9.55 Å². The molecule has 0 aliphatic heterocycles. The van der Waals surface area contributed by atoms with Gasteiger partial charge in [0.05, 0.1) is 0 Å². The lowest BCUT2D eigenvalue weighted by Crippen LogP contribution is -2.32. The topological polar surface area (TPSA) is 54.9 Å². The Morgan fingerprint density at radius 1 is 1.42 bits per heavy atom. The number of nitrogens with zero attached hydrogens (tertiary/aromatic N) is 1. The first-order valence-corrected chi connectivity index (χ1v) is 4.22. The van der Waals surface area contributed by atoms with Crippen LogP contribution in [0.15, 0.2) is 15.7 Å². The molecule has 5 heteroatoms. The van der Waals surface area contributed by atoms with Crippen LogP contribution in [0.1, 0.15) is 5.69 Å². The predicted octanol–water partition coefficient (Wildman–Crippen LogP) is -0.0720. The molecule has 0 spiro atoms. The summed E-state index contributed by atoms with van der Waals surface area (Å²) in [4.78, 5) is 24.1. The Balaban J connectivity index is 0.000000561. The van der Waals surface area contributed by atoms with Gasteiger partial charge in [0.2, 0.25) is 0 Å². The van der Waals surface area contributed by atoms with E-state index < -0.39 is 0 Å². The normalized spacial score (nSPS) is 8.67. The van der Waals surface area contributed by atoms with Gasteiger partial charge in [-0.3, -0.25) is 9.36 Å². The molecule has 0 saturated heterocycles. The van der Waals surface area contributed by atoms with Crippen molar-refractivity contribution in [2.45, 2.75) is 6.92 Å². The van der Waals surface area contributed by atoms with Gasteiger partial charge in [0, 0.05) is 18.8 Å². The van der Waals surface area contributed by atoms with E-state index >= 15 is 0 Å². The highest BCUT2D eigenvalue weighted by atomic mass is 32.1. The van der Waals surface area contributed by atoms with Crippen LogP contribution in [0.3, 0.4) is 0 Å². The summed E-state index contributed by atoms with van der Waals surface area (Å²) in [5, 5.41) is 0. The van der Waals surface area contributed by atoms with E-state index in [4.69, 9.17) is 0 Å². The maximum Gasteiger partial charge on any atom is 0.328 e. The molecular formula is C7H12N2O2S. The van der Waals surface area contributed by atoms with E-state index in [1.165, 1.54) is 13.1 Å². The summed E-state index contributed by atoms with van der Waals surface area (Å²) in [5.41, 5.74) is -0.0562. The Bertz CT molecular complexity index is 322. The van der Waals surface area contributed by atoms with Crippen molar-refractivity contribution in [3.63, 3.8) is 0 Å². The zero-order valence-corrected chi connectivity index (χ0v) is 8.18. The van der Waals surface area contributed by atoms with Gasteiger partial charge in [-0.25, -0.2) is 4.79 Å². The summed E-state index contributed by atoms with van der Waals surface area (Å²) in [6.45, 7) is 1.67. The van der Waals surface area contributed by atoms with E-state index in [0.717, 1.165) is 4.57 Å². The molecule has 1 N–H and O–H groups in total. The predicted molar refractivity (Wildman–Crippen MR) is 52.0 cm³/mol.